The maximum atomic E-state index is 12.5. The number of nitrogens with zero attached hydrogens (tertiary/aromatic N) is 3. The molecule has 0 bridgehead atoms. The van der Waals surface area contributed by atoms with Crippen molar-refractivity contribution in [2.75, 3.05) is 51.7 Å². The molecule has 194 valence electrons. The zero-order valence-corrected chi connectivity index (χ0v) is 21.3. The number of benzene rings is 2. The highest BCUT2D eigenvalue weighted by Gasteiger charge is 2.25. The van der Waals surface area contributed by atoms with Gasteiger partial charge in [-0.3, -0.25) is 10.1 Å². The molecule has 1 amide bonds. The van der Waals surface area contributed by atoms with Crippen LogP contribution in [0.1, 0.15) is 16.1 Å². The molecule has 1 aromatic heterocycles. The second-order valence-electron chi connectivity index (χ2n) is 8.57. The first-order chi connectivity index (χ1) is 17.8. The van der Waals surface area contributed by atoms with Gasteiger partial charge < -0.3 is 9.64 Å². The molecule has 0 radical (unpaired) electrons. The molecule has 1 saturated heterocycles. The second-order valence-corrected chi connectivity index (χ2v) is 10.3. The Morgan fingerprint density at radius 2 is 1.73 bits per heavy atom. The molecular formula is C26H29N5O5S. The molecule has 2 aromatic carbocycles. The van der Waals surface area contributed by atoms with Gasteiger partial charge in [0.05, 0.1) is 11.2 Å². The third kappa shape index (κ3) is 7.43. The average molecular weight is 524 g/mol. The van der Waals surface area contributed by atoms with Crippen LogP contribution < -0.4 is 10.0 Å². The number of aromatic nitrogens is 1. The highest BCUT2D eigenvalue weighted by atomic mass is 32.2. The minimum Gasteiger partial charge on any atom is -0.448 e. The Morgan fingerprint density at radius 3 is 2.49 bits per heavy atom. The van der Waals surface area contributed by atoms with E-state index in [1.165, 1.54) is 10.4 Å². The molecule has 2 N–H and O–H groups in total. The highest BCUT2D eigenvalue weighted by Crippen LogP contribution is 2.14. The van der Waals surface area contributed by atoms with Crippen molar-refractivity contribution in [3.63, 3.8) is 0 Å². The van der Waals surface area contributed by atoms with E-state index in [1.807, 2.05) is 43.4 Å². The summed E-state index contributed by atoms with van der Waals surface area (Å²) in [6.07, 6.45) is 2.40. The van der Waals surface area contributed by atoms with Crippen LogP contribution in [0, 0.1) is 0 Å². The normalized spacial score (nSPS) is 15.2. The van der Waals surface area contributed by atoms with Crippen LogP contribution >= 0.6 is 0 Å². The van der Waals surface area contributed by atoms with E-state index in [4.69, 9.17) is 4.74 Å². The summed E-state index contributed by atoms with van der Waals surface area (Å²) in [5, 5.41) is 3.58. The molecule has 2 heterocycles. The molecule has 10 nitrogen and oxygen atoms in total. The van der Waals surface area contributed by atoms with Crippen LogP contribution in [0.2, 0.25) is 0 Å². The summed E-state index contributed by atoms with van der Waals surface area (Å²) in [7, 11) is -1.66. The van der Waals surface area contributed by atoms with Gasteiger partial charge in [0, 0.05) is 49.4 Å². The van der Waals surface area contributed by atoms with Crippen molar-refractivity contribution in [3.05, 3.63) is 78.0 Å². The SMILES string of the molecule is CN1CCN(S(=O)(=O)NCCOC(=O)Nc2ccc(C(=O)C=Cc3ccc4ccccc4n3)cc2)CC1. The average Bonchev–Trinajstić information content (AvgIpc) is 2.90. The third-order valence-electron chi connectivity index (χ3n) is 5.86. The lowest BCUT2D eigenvalue weighted by Crippen LogP contribution is -2.51. The Balaban J connectivity index is 1.21. The van der Waals surface area contributed by atoms with E-state index in [2.05, 4.69) is 19.9 Å². The van der Waals surface area contributed by atoms with Crippen molar-refractivity contribution in [2.45, 2.75) is 0 Å². The Kier molecular flexibility index (Phi) is 8.62. The van der Waals surface area contributed by atoms with E-state index < -0.39 is 16.3 Å². The maximum Gasteiger partial charge on any atom is 0.411 e. The fourth-order valence-electron chi connectivity index (χ4n) is 3.74. The van der Waals surface area contributed by atoms with E-state index in [9.17, 15) is 18.0 Å². The van der Waals surface area contributed by atoms with Crippen LogP contribution in [0.4, 0.5) is 10.5 Å². The predicted octanol–water partition coefficient (Wildman–Crippen LogP) is 2.76. The van der Waals surface area contributed by atoms with Crippen LogP contribution in [0.3, 0.4) is 0 Å². The van der Waals surface area contributed by atoms with Crippen LogP contribution in [0.15, 0.2) is 66.7 Å². The number of piperazine rings is 1. The number of carbonyl (C=O) groups is 2. The molecule has 11 heteroatoms. The van der Waals surface area contributed by atoms with Crippen LogP contribution in [-0.4, -0.2) is 80.9 Å². The molecule has 3 aromatic rings. The number of fused-ring (bicyclic) bond motifs is 1. The summed E-state index contributed by atoms with van der Waals surface area (Å²) in [6, 6.07) is 17.9. The summed E-state index contributed by atoms with van der Waals surface area (Å²) in [5.74, 6) is -0.197. The molecule has 37 heavy (non-hydrogen) atoms. The quantitative estimate of drug-likeness (QED) is 0.251. The van der Waals surface area contributed by atoms with Crippen LogP contribution in [-0.2, 0) is 14.9 Å². The van der Waals surface area contributed by atoms with Crippen molar-refractivity contribution in [1.82, 2.24) is 18.9 Å². The first-order valence-electron chi connectivity index (χ1n) is 11.9. The van der Waals surface area contributed by atoms with Gasteiger partial charge in [-0.2, -0.15) is 17.4 Å². The van der Waals surface area contributed by atoms with Crippen molar-refractivity contribution < 1.29 is 22.7 Å². The smallest absolute Gasteiger partial charge is 0.411 e. The molecule has 1 fully saturated rings. The number of amides is 1. The molecule has 0 spiro atoms. The predicted molar refractivity (Wildman–Crippen MR) is 143 cm³/mol. The molecule has 0 aliphatic carbocycles. The zero-order chi connectivity index (χ0) is 26.3. The first-order valence-corrected chi connectivity index (χ1v) is 13.3. The maximum absolute atomic E-state index is 12.5. The monoisotopic (exact) mass is 523 g/mol. The molecule has 4 rings (SSSR count). The number of rotatable bonds is 9. The minimum atomic E-state index is -3.61. The van der Waals surface area contributed by atoms with E-state index in [0.29, 0.717) is 43.1 Å². The van der Waals surface area contributed by atoms with Gasteiger partial charge >= 0.3 is 6.09 Å². The number of anilines is 1. The van der Waals surface area contributed by atoms with Crippen molar-refractivity contribution in [2.24, 2.45) is 0 Å². The Bertz CT molecular complexity index is 1380. The molecule has 0 saturated carbocycles. The molecule has 0 atom stereocenters. The van der Waals surface area contributed by atoms with Crippen LogP contribution in [0.5, 0.6) is 0 Å². The van der Waals surface area contributed by atoms with Gasteiger partial charge in [0.25, 0.3) is 10.2 Å². The van der Waals surface area contributed by atoms with Gasteiger partial charge in [0.15, 0.2) is 5.78 Å². The number of likely N-dealkylation sites (N-methyl/N-ethyl adjacent to an activating group) is 1. The number of carbonyl (C=O) groups excluding carboxylic acids is 2. The standard InChI is InChI=1S/C26H29N5O5S/c1-30-15-17-31(18-16-30)37(34,35)27-14-19-36-26(33)29-23-10-7-21(8-11-23)25(32)13-12-22-9-6-20-4-2-3-5-24(20)28-22/h2-13,27H,14-19H2,1H3,(H,29,33). The number of allylic oxidation sites excluding steroid dienone is 1. The number of pyridine rings is 1. The number of nitrogens with one attached hydrogen (secondary N) is 2. The van der Waals surface area contributed by atoms with Crippen molar-refractivity contribution in [1.29, 1.82) is 0 Å². The molecule has 1 aliphatic rings. The van der Waals surface area contributed by atoms with Crippen molar-refractivity contribution in [3.8, 4) is 0 Å². The second kappa shape index (κ2) is 12.1. The van der Waals surface area contributed by atoms with Gasteiger partial charge in [-0.25, -0.2) is 9.78 Å². The van der Waals surface area contributed by atoms with E-state index in [0.717, 1.165) is 10.9 Å². The largest absolute Gasteiger partial charge is 0.448 e. The van der Waals surface area contributed by atoms with Gasteiger partial charge in [-0.05, 0) is 55.6 Å². The Hall–Kier alpha value is -3.64. The molecule has 0 unspecified atom stereocenters. The number of ether oxygens (including phenoxy) is 1. The van der Waals surface area contributed by atoms with E-state index >= 15 is 0 Å². The summed E-state index contributed by atoms with van der Waals surface area (Å²) < 4.78 is 33.5. The summed E-state index contributed by atoms with van der Waals surface area (Å²) >= 11 is 0. The summed E-state index contributed by atoms with van der Waals surface area (Å²) in [4.78, 5) is 31.1. The fourth-order valence-corrected chi connectivity index (χ4v) is 4.91. The topological polar surface area (TPSA) is 121 Å². The lowest BCUT2D eigenvalue weighted by molar-refractivity contribution is 0.104. The number of para-hydroxylation sites is 1. The number of hydrogen-bond acceptors (Lipinski definition) is 7. The Labute approximate surface area is 216 Å². The minimum absolute atomic E-state index is 0.0338. The zero-order valence-electron chi connectivity index (χ0n) is 20.5. The summed E-state index contributed by atoms with van der Waals surface area (Å²) in [5.41, 5.74) is 2.43. The first kappa shape index (κ1) is 26.4. The Morgan fingerprint density at radius 1 is 1.00 bits per heavy atom. The fraction of sp³-hybridized carbons (Fsp3) is 0.269. The third-order valence-corrected chi connectivity index (χ3v) is 7.48. The van der Waals surface area contributed by atoms with Crippen LogP contribution in [0.25, 0.3) is 17.0 Å². The lowest BCUT2D eigenvalue weighted by Gasteiger charge is -2.31. The van der Waals surface area contributed by atoms with Gasteiger partial charge in [0.1, 0.15) is 6.61 Å². The van der Waals surface area contributed by atoms with E-state index in [1.54, 1.807) is 30.3 Å². The van der Waals surface area contributed by atoms with Crippen molar-refractivity contribution >= 4 is 44.8 Å². The van der Waals surface area contributed by atoms with E-state index in [-0.39, 0.29) is 18.9 Å². The van der Waals surface area contributed by atoms with Gasteiger partial charge in [0.2, 0.25) is 0 Å². The highest BCUT2D eigenvalue weighted by molar-refractivity contribution is 7.87. The van der Waals surface area contributed by atoms with Gasteiger partial charge in [-0.1, -0.05) is 24.3 Å². The number of ketones is 1. The summed E-state index contributed by atoms with van der Waals surface area (Å²) in [6.45, 7) is 2.02. The number of hydrogen-bond donors (Lipinski definition) is 2. The molecular weight excluding hydrogens is 494 g/mol. The molecule has 1 aliphatic heterocycles. The van der Waals surface area contributed by atoms with Gasteiger partial charge in [-0.15, -0.1) is 0 Å². The lowest BCUT2D eigenvalue weighted by atomic mass is 10.1.